The Morgan fingerprint density at radius 2 is 1.95 bits per heavy atom. The Hall–Kier alpha value is -1.11. The lowest BCUT2D eigenvalue weighted by molar-refractivity contribution is 0.250. The summed E-state index contributed by atoms with van der Waals surface area (Å²) in [6.45, 7) is 2.96. The summed E-state index contributed by atoms with van der Waals surface area (Å²) in [6.07, 6.45) is 4.10. The fourth-order valence-corrected chi connectivity index (χ4v) is 4.20. The number of nitrogens with zero attached hydrogens (tertiary/aromatic N) is 1. The van der Waals surface area contributed by atoms with Gasteiger partial charge in [0.05, 0.1) is 12.9 Å². The molecule has 1 aromatic carbocycles. The number of hydrogen-bond acceptors (Lipinski definition) is 4. The topological polar surface area (TPSA) is 58.6 Å². The first-order valence-electron chi connectivity index (χ1n) is 7.94. The van der Waals surface area contributed by atoms with Crippen LogP contribution in [0.2, 0.25) is 0 Å². The summed E-state index contributed by atoms with van der Waals surface area (Å²) in [5, 5.41) is 3.63. The van der Waals surface area contributed by atoms with Crippen LogP contribution in [0.5, 0.6) is 5.75 Å². The monoisotopic (exact) mass is 324 g/mol. The van der Waals surface area contributed by atoms with Gasteiger partial charge in [-0.25, -0.2) is 12.7 Å². The standard InChI is InChI=1S/C16H24N2O3S/c1-22(19,20)18-9-6-14(7-10-18)17-12-13-8-11-21-16-5-3-2-4-15(13)16/h2-5,13-14,17H,6-12H2,1H3. The maximum absolute atomic E-state index is 11.5. The van der Waals surface area contributed by atoms with E-state index in [2.05, 4.69) is 17.4 Å². The van der Waals surface area contributed by atoms with Crippen LogP contribution in [0.25, 0.3) is 0 Å². The molecule has 2 heterocycles. The Labute approximate surface area is 132 Å². The average Bonchev–Trinajstić information content (AvgIpc) is 2.52. The molecule has 0 amide bonds. The van der Waals surface area contributed by atoms with Crippen LogP contribution in [0.15, 0.2) is 24.3 Å². The molecule has 1 fully saturated rings. The van der Waals surface area contributed by atoms with Gasteiger partial charge in [-0.05, 0) is 30.9 Å². The van der Waals surface area contributed by atoms with E-state index in [0.717, 1.165) is 38.2 Å². The van der Waals surface area contributed by atoms with Gasteiger partial charge in [0.25, 0.3) is 0 Å². The Bertz CT molecular complexity index is 610. The van der Waals surface area contributed by atoms with Gasteiger partial charge >= 0.3 is 0 Å². The van der Waals surface area contributed by atoms with Crippen LogP contribution in [0, 0.1) is 0 Å². The number of piperidine rings is 1. The van der Waals surface area contributed by atoms with E-state index >= 15 is 0 Å². The Morgan fingerprint density at radius 3 is 2.68 bits per heavy atom. The number of hydrogen-bond donors (Lipinski definition) is 1. The molecule has 3 rings (SSSR count). The van der Waals surface area contributed by atoms with Crippen LogP contribution in [0.4, 0.5) is 0 Å². The Morgan fingerprint density at radius 1 is 1.23 bits per heavy atom. The van der Waals surface area contributed by atoms with E-state index in [1.54, 1.807) is 4.31 Å². The van der Waals surface area contributed by atoms with E-state index in [9.17, 15) is 8.42 Å². The molecule has 1 aromatic rings. The fourth-order valence-electron chi connectivity index (χ4n) is 3.33. The maximum atomic E-state index is 11.5. The van der Waals surface area contributed by atoms with E-state index in [1.165, 1.54) is 11.8 Å². The number of nitrogens with one attached hydrogen (secondary N) is 1. The Balaban J connectivity index is 1.52. The van der Waals surface area contributed by atoms with Crippen LogP contribution in [0.3, 0.4) is 0 Å². The number of fused-ring (bicyclic) bond motifs is 1. The lowest BCUT2D eigenvalue weighted by atomic mass is 9.92. The van der Waals surface area contributed by atoms with Crippen LogP contribution < -0.4 is 10.1 Å². The molecule has 6 heteroatoms. The molecular formula is C16H24N2O3S. The number of para-hydroxylation sites is 1. The zero-order valence-electron chi connectivity index (χ0n) is 13.0. The van der Waals surface area contributed by atoms with Gasteiger partial charge in [-0.2, -0.15) is 0 Å². The summed E-state index contributed by atoms with van der Waals surface area (Å²) in [4.78, 5) is 0. The highest BCUT2D eigenvalue weighted by molar-refractivity contribution is 7.88. The predicted octanol–water partition coefficient (Wildman–Crippen LogP) is 1.57. The summed E-state index contributed by atoms with van der Waals surface area (Å²) < 4.78 is 30.3. The molecule has 1 unspecified atom stereocenters. The third kappa shape index (κ3) is 3.62. The van der Waals surface area contributed by atoms with Crippen molar-refractivity contribution in [2.75, 3.05) is 32.5 Å². The van der Waals surface area contributed by atoms with Crippen LogP contribution in [0.1, 0.15) is 30.7 Å². The smallest absolute Gasteiger partial charge is 0.211 e. The molecule has 0 bridgehead atoms. The molecule has 2 aliphatic heterocycles. The lowest BCUT2D eigenvalue weighted by Gasteiger charge is -2.33. The van der Waals surface area contributed by atoms with Gasteiger partial charge in [0.2, 0.25) is 10.0 Å². The van der Waals surface area contributed by atoms with E-state index in [-0.39, 0.29) is 0 Å². The van der Waals surface area contributed by atoms with Crippen molar-refractivity contribution in [1.29, 1.82) is 0 Å². The largest absolute Gasteiger partial charge is 0.493 e. The molecule has 1 N–H and O–H groups in total. The molecule has 0 spiro atoms. The van der Waals surface area contributed by atoms with Gasteiger partial charge in [-0.15, -0.1) is 0 Å². The summed E-state index contributed by atoms with van der Waals surface area (Å²) in [7, 11) is -3.04. The molecule has 0 saturated carbocycles. The molecule has 0 radical (unpaired) electrons. The first-order valence-corrected chi connectivity index (χ1v) is 9.79. The lowest BCUT2D eigenvalue weighted by Crippen LogP contribution is -2.45. The van der Waals surface area contributed by atoms with Gasteiger partial charge in [-0.3, -0.25) is 0 Å². The molecule has 2 aliphatic rings. The van der Waals surface area contributed by atoms with Crippen molar-refractivity contribution >= 4 is 10.0 Å². The van der Waals surface area contributed by atoms with Gasteiger partial charge < -0.3 is 10.1 Å². The van der Waals surface area contributed by atoms with Gasteiger partial charge in [0.1, 0.15) is 5.75 Å². The minimum absolute atomic E-state index is 0.410. The molecule has 22 heavy (non-hydrogen) atoms. The highest BCUT2D eigenvalue weighted by atomic mass is 32.2. The van der Waals surface area contributed by atoms with Crippen molar-refractivity contribution in [2.24, 2.45) is 0 Å². The van der Waals surface area contributed by atoms with E-state index in [4.69, 9.17) is 4.74 Å². The van der Waals surface area contributed by atoms with E-state index in [1.807, 2.05) is 12.1 Å². The first-order chi connectivity index (χ1) is 10.5. The highest BCUT2D eigenvalue weighted by Crippen LogP contribution is 2.33. The number of ether oxygens (including phenoxy) is 1. The van der Waals surface area contributed by atoms with Crippen molar-refractivity contribution in [3.63, 3.8) is 0 Å². The summed E-state index contributed by atoms with van der Waals surface area (Å²) >= 11 is 0. The SMILES string of the molecule is CS(=O)(=O)N1CCC(NCC2CCOc3ccccc32)CC1. The van der Waals surface area contributed by atoms with Crippen molar-refractivity contribution in [3.05, 3.63) is 29.8 Å². The molecular weight excluding hydrogens is 300 g/mol. The van der Waals surface area contributed by atoms with Crippen LogP contribution in [-0.4, -0.2) is 51.3 Å². The second kappa shape index (κ2) is 6.56. The molecule has 0 aromatic heterocycles. The number of benzene rings is 1. The third-order valence-corrected chi connectivity index (χ3v) is 5.96. The third-order valence-electron chi connectivity index (χ3n) is 4.66. The number of sulfonamides is 1. The first kappa shape index (κ1) is 15.8. The molecule has 5 nitrogen and oxygen atoms in total. The summed E-state index contributed by atoms with van der Waals surface area (Å²) in [6, 6.07) is 8.66. The van der Waals surface area contributed by atoms with Crippen molar-refractivity contribution in [3.8, 4) is 5.75 Å². The molecule has 1 saturated heterocycles. The van der Waals surface area contributed by atoms with E-state index < -0.39 is 10.0 Å². The van der Waals surface area contributed by atoms with Crippen molar-refractivity contribution < 1.29 is 13.2 Å². The highest BCUT2D eigenvalue weighted by Gasteiger charge is 2.26. The normalized spacial score (nSPS) is 23.8. The minimum Gasteiger partial charge on any atom is -0.493 e. The zero-order valence-corrected chi connectivity index (χ0v) is 13.8. The second-order valence-corrected chi connectivity index (χ2v) is 8.20. The molecule has 1 atom stereocenters. The minimum atomic E-state index is -3.04. The maximum Gasteiger partial charge on any atom is 0.211 e. The van der Waals surface area contributed by atoms with Crippen LogP contribution >= 0.6 is 0 Å². The fraction of sp³-hybridized carbons (Fsp3) is 0.625. The van der Waals surface area contributed by atoms with Gasteiger partial charge in [0, 0.05) is 31.6 Å². The van der Waals surface area contributed by atoms with Crippen LogP contribution in [-0.2, 0) is 10.0 Å². The quantitative estimate of drug-likeness (QED) is 0.913. The zero-order chi connectivity index (χ0) is 15.6. The van der Waals surface area contributed by atoms with Gasteiger partial charge in [0.15, 0.2) is 0 Å². The molecule has 0 aliphatic carbocycles. The average molecular weight is 324 g/mol. The van der Waals surface area contributed by atoms with Crippen molar-refractivity contribution in [2.45, 2.75) is 31.2 Å². The second-order valence-electron chi connectivity index (χ2n) is 6.22. The summed E-state index contributed by atoms with van der Waals surface area (Å²) in [5.74, 6) is 1.49. The van der Waals surface area contributed by atoms with E-state index in [0.29, 0.717) is 25.0 Å². The predicted molar refractivity (Wildman–Crippen MR) is 86.7 cm³/mol. The summed E-state index contributed by atoms with van der Waals surface area (Å²) in [5.41, 5.74) is 1.29. The number of rotatable bonds is 4. The molecule has 122 valence electrons. The van der Waals surface area contributed by atoms with Crippen molar-refractivity contribution in [1.82, 2.24) is 9.62 Å². The van der Waals surface area contributed by atoms with Gasteiger partial charge in [-0.1, -0.05) is 18.2 Å². The Kier molecular flexibility index (Phi) is 4.70.